The van der Waals surface area contributed by atoms with Crippen molar-refractivity contribution in [3.63, 3.8) is 0 Å². The minimum absolute atomic E-state index is 0.0152. The third kappa shape index (κ3) is 3.80. The maximum absolute atomic E-state index is 14.0. The minimum atomic E-state index is -0.303. The van der Waals surface area contributed by atoms with Gasteiger partial charge >= 0.3 is 0 Å². The molecule has 0 spiro atoms. The van der Waals surface area contributed by atoms with Crippen molar-refractivity contribution in [1.82, 2.24) is 19.1 Å². The first-order chi connectivity index (χ1) is 16.4. The molecule has 1 N–H and O–H groups in total. The Hall–Kier alpha value is -3.45. The van der Waals surface area contributed by atoms with Crippen LogP contribution in [0.3, 0.4) is 0 Å². The van der Waals surface area contributed by atoms with Crippen molar-refractivity contribution in [3.8, 4) is 22.8 Å². The van der Waals surface area contributed by atoms with E-state index in [9.17, 15) is 9.90 Å². The van der Waals surface area contributed by atoms with Crippen LogP contribution in [0.2, 0.25) is 0 Å². The molecule has 0 aromatic carbocycles. The zero-order valence-electron chi connectivity index (χ0n) is 20.1. The van der Waals surface area contributed by atoms with E-state index in [-0.39, 0.29) is 17.7 Å². The SMILES string of the molecule is COc1ccc(-c2cc3c(C)cc(-n4c(C)ccc4C)nc3n(C3CCC(O)CC3)c2=O)cn1. The van der Waals surface area contributed by atoms with Crippen LogP contribution < -0.4 is 10.3 Å². The van der Waals surface area contributed by atoms with Gasteiger partial charge in [0, 0.05) is 46.2 Å². The molecule has 0 unspecified atom stereocenters. The molecular formula is C27H30N4O3. The second-order valence-electron chi connectivity index (χ2n) is 9.27. The number of hydrogen-bond acceptors (Lipinski definition) is 5. The molecule has 0 aliphatic heterocycles. The summed E-state index contributed by atoms with van der Waals surface area (Å²) in [4.78, 5) is 23.3. The van der Waals surface area contributed by atoms with Crippen LogP contribution in [0.25, 0.3) is 28.0 Å². The Morgan fingerprint density at radius 1 is 1.00 bits per heavy atom. The Kier molecular flexibility index (Phi) is 5.73. The lowest BCUT2D eigenvalue weighted by atomic mass is 9.92. The van der Waals surface area contributed by atoms with Gasteiger partial charge in [0.2, 0.25) is 5.88 Å². The summed E-state index contributed by atoms with van der Waals surface area (Å²) in [5.74, 6) is 1.32. The van der Waals surface area contributed by atoms with Gasteiger partial charge in [-0.25, -0.2) is 9.97 Å². The second kappa shape index (κ2) is 8.72. The van der Waals surface area contributed by atoms with Gasteiger partial charge in [0.25, 0.3) is 5.56 Å². The highest BCUT2D eigenvalue weighted by molar-refractivity contribution is 5.85. The lowest BCUT2D eigenvalue weighted by Gasteiger charge is -2.29. The summed E-state index contributed by atoms with van der Waals surface area (Å²) in [6.07, 6.45) is 4.23. The van der Waals surface area contributed by atoms with E-state index in [1.165, 1.54) is 0 Å². The van der Waals surface area contributed by atoms with Crippen molar-refractivity contribution < 1.29 is 9.84 Å². The molecule has 4 aromatic rings. The summed E-state index contributed by atoms with van der Waals surface area (Å²) in [6, 6.07) is 11.8. The molecule has 4 heterocycles. The van der Waals surface area contributed by atoms with Crippen molar-refractivity contribution in [3.05, 3.63) is 69.9 Å². The maximum atomic E-state index is 14.0. The van der Waals surface area contributed by atoms with E-state index in [4.69, 9.17) is 9.72 Å². The van der Waals surface area contributed by atoms with Crippen LogP contribution in [0.1, 0.15) is 48.7 Å². The minimum Gasteiger partial charge on any atom is -0.481 e. The van der Waals surface area contributed by atoms with Crippen LogP contribution in [0.4, 0.5) is 0 Å². The topological polar surface area (TPSA) is 82.2 Å². The molecule has 0 radical (unpaired) electrons. The summed E-state index contributed by atoms with van der Waals surface area (Å²) in [5, 5.41) is 11.0. The predicted octanol–water partition coefficient (Wildman–Crippen LogP) is 4.66. The summed E-state index contributed by atoms with van der Waals surface area (Å²) in [6.45, 7) is 6.18. The largest absolute Gasteiger partial charge is 0.481 e. The van der Waals surface area contributed by atoms with E-state index in [0.717, 1.165) is 46.6 Å². The van der Waals surface area contributed by atoms with Crippen LogP contribution in [0, 0.1) is 20.8 Å². The van der Waals surface area contributed by atoms with Crippen molar-refractivity contribution in [2.75, 3.05) is 7.11 Å². The van der Waals surface area contributed by atoms with E-state index in [2.05, 4.69) is 48.5 Å². The molecule has 1 fully saturated rings. The summed E-state index contributed by atoms with van der Waals surface area (Å²) in [5.41, 5.74) is 5.21. The lowest BCUT2D eigenvalue weighted by molar-refractivity contribution is 0.111. The van der Waals surface area contributed by atoms with Crippen molar-refractivity contribution in [1.29, 1.82) is 0 Å². The molecule has 0 atom stereocenters. The third-order valence-corrected chi connectivity index (χ3v) is 6.99. The monoisotopic (exact) mass is 458 g/mol. The number of hydrogen-bond donors (Lipinski definition) is 1. The van der Waals surface area contributed by atoms with Gasteiger partial charge in [-0.2, -0.15) is 0 Å². The quantitative estimate of drug-likeness (QED) is 0.481. The van der Waals surface area contributed by atoms with E-state index >= 15 is 0 Å². The fourth-order valence-corrected chi connectivity index (χ4v) is 5.11. The number of aliphatic hydroxyl groups is 1. The Morgan fingerprint density at radius 2 is 1.71 bits per heavy atom. The molecular weight excluding hydrogens is 428 g/mol. The van der Waals surface area contributed by atoms with Crippen LogP contribution in [0.5, 0.6) is 5.88 Å². The van der Waals surface area contributed by atoms with Crippen molar-refractivity contribution in [2.24, 2.45) is 0 Å². The van der Waals surface area contributed by atoms with Crippen LogP contribution in [-0.4, -0.2) is 37.4 Å². The number of methoxy groups -OCH3 is 1. The fraction of sp³-hybridized carbons (Fsp3) is 0.370. The molecule has 0 amide bonds. The molecule has 4 aromatic heterocycles. The number of aryl methyl sites for hydroxylation is 3. The van der Waals surface area contributed by atoms with E-state index in [1.54, 1.807) is 19.4 Å². The number of pyridine rings is 3. The first kappa shape index (κ1) is 22.3. The normalized spacial score (nSPS) is 18.4. The van der Waals surface area contributed by atoms with Gasteiger partial charge in [0.15, 0.2) is 0 Å². The highest BCUT2D eigenvalue weighted by Crippen LogP contribution is 2.33. The zero-order valence-corrected chi connectivity index (χ0v) is 20.1. The van der Waals surface area contributed by atoms with Crippen LogP contribution >= 0.6 is 0 Å². The van der Waals surface area contributed by atoms with Crippen LogP contribution in [0.15, 0.2) is 47.4 Å². The van der Waals surface area contributed by atoms with Gasteiger partial charge in [-0.15, -0.1) is 0 Å². The standard InChI is InChI=1S/C27H30N4O3/c1-16-13-24(30-17(2)5-6-18(30)3)29-26-22(16)14-23(19-7-12-25(34-4)28-15-19)27(33)31(26)20-8-10-21(32)11-9-20/h5-7,12-15,20-21,32H,8-11H2,1-4H3. The average Bonchev–Trinajstić information content (AvgIpc) is 3.17. The molecule has 0 bridgehead atoms. The summed E-state index contributed by atoms with van der Waals surface area (Å²) >= 11 is 0. The lowest BCUT2D eigenvalue weighted by Crippen LogP contribution is -2.31. The summed E-state index contributed by atoms with van der Waals surface area (Å²) in [7, 11) is 1.57. The van der Waals surface area contributed by atoms with Gasteiger partial charge in [0.1, 0.15) is 11.5 Å². The fourth-order valence-electron chi connectivity index (χ4n) is 5.11. The third-order valence-electron chi connectivity index (χ3n) is 6.99. The van der Waals surface area contributed by atoms with Gasteiger partial charge in [-0.1, -0.05) is 0 Å². The molecule has 7 heteroatoms. The van der Waals surface area contributed by atoms with Gasteiger partial charge in [0.05, 0.1) is 13.2 Å². The van der Waals surface area contributed by atoms with E-state index in [0.29, 0.717) is 29.9 Å². The Bertz CT molecular complexity index is 1390. The first-order valence-electron chi connectivity index (χ1n) is 11.8. The Morgan fingerprint density at radius 3 is 2.32 bits per heavy atom. The number of aliphatic hydroxyl groups excluding tert-OH is 1. The van der Waals surface area contributed by atoms with Gasteiger partial charge < -0.3 is 14.4 Å². The maximum Gasteiger partial charge on any atom is 0.260 e. The number of nitrogens with zero attached hydrogens (tertiary/aromatic N) is 4. The number of aromatic nitrogens is 4. The highest BCUT2D eigenvalue weighted by atomic mass is 16.5. The molecule has 1 saturated carbocycles. The van der Waals surface area contributed by atoms with E-state index < -0.39 is 0 Å². The number of rotatable bonds is 4. The van der Waals surface area contributed by atoms with Crippen LogP contribution in [-0.2, 0) is 0 Å². The second-order valence-corrected chi connectivity index (χ2v) is 9.27. The molecule has 5 rings (SSSR count). The highest BCUT2D eigenvalue weighted by Gasteiger charge is 2.26. The van der Waals surface area contributed by atoms with Gasteiger partial charge in [-0.05, 0) is 82.3 Å². The van der Waals surface area contributed by atoms with E-state index in [1.807, 2.05) is 16.7 Å². The average molecular weight is 459 g/mol. The van der Waals surface area contributed by atoms with Crippen molar-refractivity contribution in [2.45, 2.75) is 58.6 Å². The molecule has 34 heavy (non-hydrogen) atoms. The zero-order chi connectivity index (χ0) is 24.0. The molecule has 1 aliphatic carbocycles. The van der Waals surface area contributed by atoms with Crippen molar-refractivity contribution >= 4 is 11.0 Å². The number of ether oxygens (including phenoxy) is 1. The summed E-state index contributed by atoms with van der Waals surface area (Å²) < 4.78 is 9.18. The molecule has 0 saturated heterocycles. The molecule has 7 nitrogen and oxygen atoms in total. The van der Waals surface area contributed by atoms with Gasteiger partial charge in [-0.3, -0.25) is 9.36 Å². The Labute approximate surface area is 198 Å². The smallest absolute Gasteiger partial charge is 0.260 e. The Balaban J connectivity index is 1.78. The molecule has 1 aliphatic rings. The first-order valence-corrected chi connectivity index (χ1v) is 11.8. The molecule has 176 valence electrons. The predicted molar refractivity (Wildman–Crippen MR) is 133 cm³/mol. The number of fused-ring (bicyclic) bond motifs is 1.